The molecule has 0 spiro atoms. The smallest absolute Gasteiger partial charge is 0.294 e. The van der Waals surface area contributed by atoms with E-state index >= 15 is 0 Å². The minimum atomic E-state index is -0.0699. The third kappa shape index (κ3) is 5.14. The second-order valence-corrected chi connectivity index (χ2v) is 9.22. The van der Waals surface area contributed by atoms with Gasteiger partial charge in [0.1, 0.15) is 5.01 Å². The SMILES string of the molecule is CCN(C(=O)COc1nnc(C(C)(C)C)s1)C1=CC(C)(C)CC(C)=C1. The number of carbonyl (C=O) groups excluding carboxylic acids is 1. The molecule has 0 saturated carbocycles. The molecule has 0 N–H and O–H groups in total. The minimum Gasteiger partial charge on any atom is -0.459 e. The fraction of sp³-hybridized carbons (Fsp3) is 0.632. The molecular formula is C19H29N3O2S. The van der Waals surface area contributed by atoms with Crippen LogP contribution in [-0.4, -0.2) is 34.2 Å². The van der Waals surface area contributed by atoms with E-state index in [0.717, 1.165) is 17.1 Å². The molecule has 1 aliphatic carbocycles. The molecular weight excluding hydrogens is 334 g/mol. The van der Waals surface area contributed by atoms with Crippen molar-refractivity contribution < 1.29 is 9.53 Å². The molecule has 6 heteroatoms. The van der Waals surface area contributed by atoms with Gasteiger partial charge in [0, 0.05) is 17.7 Å². The largest absolute Gasteiger partial charge is 0.459 e. The lowest BCUT2D eigenvalue weighted by atomic mass is 9.81. The van der Waals surface area contributed by atoms with Crippen molar-refractivity contribution >= 4 is 17.2 Å². The number of carbonyl (C=O) groups is 1. The second-order valence-electron chi connectivity index (χ2n) is 8.28. The highest BCUT2D eigenvalue weighted by molar-refractivity contribution is 7.13. The lowest BCUT2D eigenvalue weighted by Crippen LogP contribution is -2.35. The normalized spacial score (nSPS) is 16.9. The van der Waals surface area contributed by atoms with Crippen LogP contribution < -0.4 is 4.74 Å². The Balaban J connectivity index is 2.06. The second kappa shape index (κ2) is 7.28. The van der Waals surface area contributed by atoms with Crippen LogP contribution in [-0.2, 0) is 10.2 Å². The number of aromatic nitrogens is 2. The van der Waals surface area contributed by atoms with Gasteiger partial charge in [0.2, 0.25) is 0 Å². The van der Waals surface area contributed by atoms with E-state index in [1.165, 1.54) is 16.9 Å². The number of allylic oxidation sites excluding steroid dienone is 3. The maximum Gasteiger partial charge on any atom is 0.294 e. The molecule has 1 aromatic heterocycles. The van der Waals surface area contributed by atoms with E-state index < -0.39 is 0 Å². The zero-order valence-electron chi connectivity index (χ0n) is 16.3. The van der Waals surface area contributed by atoms with Gasteiger partial charge in [0.15, 0.2) is 6.61 Å². The van der Waals surface area contributed by atoms with Gasteiger partial charge >= 0.3 is 0 Å². The Morgan fingerprint density at radius 2 is 2.04 bits per heavy atom. The lowest BCUT2D eigenvalue weighted by Gasteiger charge is -2.31. The number of amides is 1. The summed E-state index contributed by atoms with van der Waals surface area (Å²) >= 11 is 1.40. The zero-order chi connectivity index (χ0) is 18.8. The van der Waals surface area contributed by atoms with Crippen molar-refractivity contribution in [2.45, 2.75) is 60.3 Å². The predicted molar refractivity (Wildman–Crippen MR) is 102 cm³/mol. The maximum atomic E-state index is 12.7. The molecule has 138 valence electrons. The van der Waals surface area contributed by atoms with Crippen molar-refractivity contribution in [1.82, 2.24) is 15.1 Å². The van der Waals surface area contributed by atoms with Crippen molar-refractivity contribution in [3.05, 3.63) is 28.4 Å². The van der Waals surface area contributed by atoms with Crippen LogP contribution in [0.1, 0.15) is 59.9 Å². The Bertz CT molecular complexity index is 696. The summed E-state index contributed by atoms with van der Waals surface area (Å²) < 4.78 is 5.60. The van der Waals surface area contributed by atoms with Crippen LogP contribution in [0.5, 0.6) is 5.19 Å². The standard InChI is InChI=1S/C19H29N3O2S/c1-8-22(14-9-13(2)10-19(6,7)11-14)15(23)12-24-17-21-20-16(25-17)18(3,4)5/h9,11H,8,10,12H2,1-7H3. The van der Waals surface area contributed by atoms with E-state index in [9.17, 15) is 4.79 Å². The minimum absolute atomic E-state index is 0.0305. The maximum absolute atomic E-state index is 12.7. The number of likely N-dealkylation sites (N-methyl/N-ethyl adjacent to an activating group) is 1. The van der Waals surface area contributed by atoms with E-state index in [4.69, 9.17) is 4.74 Å². The molecule has 1 heterocycles. The first-order valence-corrected chi connectivity index (χ1v) is 9.50. The topological polar surface area (TPSA) is 55.3 Å². The van der Waals surface area contributed by atoms with Crippen LogP contribution in [0.15, 0.2) is 23.4 Å². The third-order valence-corrected chi connectivity index (χ3v) is 5.22. The predicted octanol–water partition coefficient (Wildman–Crippen LogP) is 4.32. The molecule has 0 atom stereocenters. The van der Waals surface area contributed by atoms with Gasteiger partial charge in [0.05, 0.1) is 0 Å². The molecule has 25 heavy (non-hydrogen) atoms. The Hall–Kier alpha value is -1.69. The van der Waals surface area contributed by atoms with Crippen molar-refractivity contribution in [2.75, 3.05) is 13.2 Å². The molecule has 0 saturated heterocycles. The molecule has 0 aromatic carbocycles. The van der Waals surface area contributed by atoms with Crippen molar-refractivity contribution in [3.8, 4) is 5.19 Å². The van der Waals surface area contributed by atoms with Crippen LogP contribution in [0.3, 0.4) is 0 Å². The van der Waals surface area contributed by atoms with Gasteiger partial charge < -0.3 is 9.64 Å². The van der Waals surface area contributed by atoms with Crippen LogP contribution in [0, 0.1) is 5.41 Å². The van der Waals surface area contributed by atoms with E-state index in [0.29, 0.717) is 11.7 Å². The van der Waals surface area contributed by atoms with E-state index in [2.05, 4.69) is 63.9 Å². The Morgan fingerprint density at radius 1 is 1.36 bits per heavy atom. The first-order valence-electron chi connectivity index (χ1n) is 8.69. The Morgan fingerprint density at radius 3 is 2.56 bits per heavy atom. The lowest BCUT2D eigenvalue weighted by molar-refractivity contribution is -0.131. The zero-order valence-corrected chi connectivity index (χ0v) is 17.2. The summed E-state index contributed by atoms with van der Waals surface area (Å²) in [5, 5.41) is 9.53. The number of hydrogen-bond acceptors (Lipinski definition) is 5. The van der Waals surface area contributed by atoms with Gasteiger partial charge in [-0.2, -0.15) is 0 Å². The Labute approximate surface area is 154 Å². The highest BCUT2D eigenvalue weighted by Gasteiger charge is 2.25. The van der Waals surface area contributed by atoms with Gasteiger partial charge in [-0.3, -0.25) is 4.79 Å². The van der Waals surface area contributed by atoms with Crippen molar-refractivity contribution in [1.29, 1.82) is 0 Å². The number of hydrogen-bond donors (Lipinski definition) is 0. The first kappa shape index (κ1) is 19.6. The van der Waals surface area contributed by atoms with Crippen molar-refractivity contribution in [2.24, 2.45) is 5.41 Å². The van der Waals surface area contributed by atoms with Crippen LogP contribution in [0.2, 0.25) is 0 Å². The van der Waals surface area contributed by atoms with Crippen molar-refractivity contribution in [3.63, 3.8) is 0 Å². The molecule has 1 amide bonds. The molecule has 2 rings (SSSR count). The van der Waals surface area contributed by atoms with Crippen LogP contribution in [0.4, 0.5) is 0 Å². The van der Waals surface area contributed by atoms with Crippen LogP contribution >= 0.6 is 11.3 Å². The Kier molecular flexibility index (Phi) is 5.72. The van der Waals surface area contributed by atoms with Gasteiger partial charge in [0.25, 0.3) is 11.1 Å². The summed E-state index contributed by atoms with van der Waals surface area (Å²) in [5.74, 6) is -0.0667. The summed E-state index contributed by atoms with van der Waals surface area (Å²) in [6, 6.07) is 0. The van der Waals surface area contributed by atoms with E-state index in [-0.39, 0.29) is 23.3 Å². The summed E-state index contributed by atoms with van der Waals surface area (Å²) in [6.07, 6.45) is 5.28. The number of rotatable bonds is 5. The quantitative estimate of drug-likeness (QED) is 0.781. The average Bonchev–Trinajstić information content (AvgIpc) is 2.92. The van der Waals surface area contributed by atoms with E-state index in [1.54, 1.807) is 4.90 Å². The summed E-state index contributed by atoms with van der Waals surface area (Å²) in [7, 11) is 0. The highest BCUT2D eigenvalue weighted by atomic mass is 32.1. The van der Waals surface area contributed by atoms with Gasteiger partial charge in [-0.25, -0.2) is 0 Å². The highest BCUT2D eigenvalue weighted by Crippen LogP contribution is 2.34. The van der Waals surface area contributed by atoms with Gasteiger partial charge in [-0.15, -0.1) is 10.2 Å². The summed E-state index contributed by atoms with van der Waals surface area (Å²) in [5.41, 5.74) is 2.23. The van der Waals surface area contributed by atoms with Gasteiger partial charge in [-0.05, 0) is 31.8 Å². The molecule has 0 fully saturated rings. The van der Waals surface area contributed by atoms with E-state index in [1.807, 2.05) is 6.92 Å². The molecule has 0 radical (unpaired) electrons. The third-order valence-electron chi connectivity index (χ3n) is 3.96. The molecule has 5 nitrogen and oxygen atoms in total. The fourth-order valence-corrected chi connectivity index (χ4v) is 3.70. The summed E-state index contributed by atoms with van der Waals surface area (Å²) in [6.45, 7) is 15.3. The molecule has 0 aliphatic heterocycles. The monoisotopic (exact) mass is 363 g/mol. The summed E-state index contributed by atoms with van der Waals surface area (Å²) in [4.78, 5) is 14.4. The molecule has 1 aliphatic rings. The first-order chi connectivity index (χ1) is 11.5. The number of nitrogens with zero attached hydrogens (tertiary/aromatic N) is 3. The van der Waals surface area contributed by atoms with Crippen LogP contribution in [0.25, 0.3) is 0 Å². The number of ether oxygens (including phenoxy) is 1. The molecule has 0 bridgehead atoms. The average molecular weight is 364 g/mol. The van der Waals surface area contributed by atoms with Gasteiger partial charge in [-0.1, -0.05) is 57.6 Å². The molecule has 0 unspecified atom stereocenters. The fourth-order valence-electron chi connectivity index (χ4n) is 2.95. The molecule has 1 aromatic rings.